The summed E-state index contributed by atoms with van der Waals surface area (Å²) >= 11 is 0. The third-order valence-corrected chi connectivity index (χ3v) is 3.00. The molecular weight excluding hydrogens is 248 g/mol. The van der Waals surface area contributed by atoms with E-state index in [1.807, 2.05) is 6.07 Å². The number of hydrogen-bond acceptors (Lipinski definition) is 5. The van der Waals surface area contributed by atoms with Crippen LogP contribution < -0.4 is 5.73 Å². The molecule has 1 unspecified atom stereocenters. The summed E-state index contributed by atoms with van der Waals surface area (Å²) in [5, 5.41) is 8.47. The highest BCUT2D eigenvalue weighted by atomic mass is 16.6. The lowest BCUT2D eigenvalue weighted by Crippen LogP contribution is -2.54. The van der Waals surface area contributed by atoms with Crippen LogP contribution in [0, 0.1) is 11.3 Å². The molecule has 1 aliphatic rings. The molecule has 1 fully saturated rings. The topological polar surface area (TPSA) is 99.7 Å². The Bertz CT molecular complexity index is 358. The molecule has 1 rings (SSSR count). The summed E-state index contributed by atoms with van der Waals surface area (Å²) in [4.78, 5) is 26.7. The van der Waals surface area contributed by atoms with Gasteiger partial charge in [0.15, 0.2) is 0 Å². The van der Waals surface area contributed by atoms with Crippen LogP contribution in [0.2, 0.25) is 0 Å². The Morgan fingerprint density at radius 3 is 2.42 bits per heavy atom. The summed E-state index contributed by atoms with van der Waals surface area (Å²) in [6.07, 6.45) is 0.298. The molecule has 106 valence electrons. The van der Waals surface area contributed by atoms with Crippen molar-refractivity contribution in [2.45, 2.75) is 25.8 Å². The maximum atomic E-state index is 12.0. The van der Waals surface area contributed by atoms with Gasteiger partial charge in [0, 0.05) is 32.6 Å². The fourth-order valence-electron chi connectivity index (χ4n) is 1.90. The van der Waals surface area contributed by atoms with E-state index in [1.54, 1.807) is 16.7 Å². The molecule has 7 heteroatoms. The van der Waals surface area contributed by atoms with Gasteiger partial charge in [0.2, 0.25) is 5.91 Å². The smallest absolute Gasteiger partial charge is 0.409 e. The molecule has 0 aromatic rings. The summed E-state index contributed by atoms with van der Waals surface area (Å²) in [6.45, 7) is 3.92. The molecule has 1 atom stereocenters. The zero-order chi connectivity index (χ0) is 14.3. The molecule has 1 aliphatic heterocycles. The van der Waals surface area contributed by atoms with E-state index in [-0.39, 0.29) is 18.4 Å². The van der Waals surface area contributed by atoms with Crippen LogP contribution in [-0.4, -0.2) is 60.6 Å². The zero-order valence-corrected chi connectivity index (χ0v) is 11.2. The first-order chi connectivity index (χ1) is 9.10. The van der Waals surface area contributed by atoms with Gasteiger partial charge in [-0.2, -0.15) is 5.26 Å². The number of carbonyl (C=O) groups excluding carboxylic acids is 2. The molecule has 0 aromatic carbocycles. The van der Waals surface area contributed by atoms with Gasteiger partial charge < -0.3 is 20.3 Å². The standard InChI is InChI=1S/C12H20N4O3/c1-2-19-12(18)16-8-6-15(7-9-16)11(17)10(14)4-3-5-13/h10H,2-4,6-9,14H2,1H3. The van der Waals surface area contributed by atoms with Crippen LogP contribution in [0.4, 0.5) is 4.79 Å². The van der Waals surface area contributed by atoms with E-state index >= 15 is 0 Å². The van der Waals surface area contributed by atoms with Crippen molar-refractivity contribution in [3.05, 3.63) is 0 Å². The van der Waals surface area contributed by atoms with E-state index < -0.39 is 6.04 Å². The highest BCUT2D eigenvalue weighted by Gasteiger charge is 2.27. The zero-order valence-electron chi connectivity index (χ0n) is 11.2. The summed E-state index contributed by atoms with van der Waals surface area (Å²) in [7, 11) is 0. The molecule has 0 bridgehead atoms. The van der Waals surface area contributed by atoms with Gasteiger partial charge in [0.05, 0.1) is 18.7 Å². The minimum absolute atomic E-state index is 0.154. The number of carbonyl (C=O) groups is 2. The van der Waals surface area contributed by atoms with Crippen molar-refractivity contribution in [2.75, 3.05) is 32.8 Å². The second-order valence-corrected chi connectivity index (χ2v) is 4.31. The van der Waals surface area contributed by atoms with Crippen molar-refractivity contribution in [3.8, 4) is 6.07 Å². The molecule has 0 aromatic heterocycles. The number of amides is 2. The van der Waals surface area contributed by atoms with E-state index in [9.17, 15) is 9.59 Å². The van der Waals surface area contributed by atoms with Crippen LogP contribution in [0.15, 0.2) is 0 Å². The van der Waals surface area contributed by atoms with Crippen molar-refractivity contribution in [1.29, 1.82) is 5.26 Å². The first-order valence-corrected chi connectivity index (χ1v) is 6.43. The molecule has 2 N–H and O–H groups in total. The van der Waals surface area contributed by atoms with Crippen LogP contribution in [0.5, 0.6) is 0 Å². The van der Waals surface area contributed by atoms with Crippen LogP contribution in [-0.2, 0) is 9.53 Å². The highest BCUT2D eigenvalue weighted by Crippen LogP contribution is 2.07. The van der Waals surface area contributed by atoms with Crippen LogP contribution in [0.3, 0.4) is 0 Å². The van der Waals surface area contributed by atoms with Crippen molar-refractivity contribution in [2.24, 2.45) is 5.73 Å². The van der Waals surface area contributed by atoms with Gasteiger partial charge in [-0.1, -0.05) is 0 Å². The summed E-state index contributed by atoms with van der Waals surface area (Å²) in [5.74, 6) is -0.154. The van der Waals surface area contributed by atoms with Crippen LogP contribution in [0.1, 0.15) is 19.8 Å². The second kappa shape index (κ2) is 7.59. The van der Waals surface area contributed by atoms with Crippen molar-refractivity contribution in [3.63, 3.8) is 0 Å². The van der Waals surface area contributed by atoms with Gasteiger partial charge in [-0.25, -0.2) is 4.79 Å². The molecule has 0 saturated carbocycles. The quantitative estimate of drug-likeness (QED) is 0.768. The number of nitrogens with zero attached hydrogens (tertiary/aromatic N) is 3. The Morgan fingerprint density at radius 2 is 1.89 bits per heavy atom. The lowest BCUT2D eigenvalue weighted by Gasteiger charge is -2.35. The van der Waals surface area contributed by atoms with Crippen LogP contribution in [0.25, 0.3) is 0 Å². The largest absolute Gasteiger partial charge is 0.450 e. The Hall–Kier alpha value is -1.81. The van der Waals surface area contributed by atoms with E-state index in [2.05, 4.69) is 0 Å². The van der Waals surface area contributed by atoms with Gasteiger partial charge in [0.25, 0.3) is 0 Å². The Labute approximate surface area is 112 Å². The third-order valence-electron chi connectivity index (χ3n) is 3.00. The maximum Gasteiger partial charge on any atom is 0.409 e. The number of hydrogen-bond donors (Lipinski definition) is 1. The average Bonchev–Trinajstić information content (AvgIpc) is 2.44. The summed E-state index contributed by atoms with van der Waals surface area (Å²) in [6, 6.07) is 1.34. The minimum atomic E-state index is -0.631. The van der Waals surface area contributed by atoms with Gasteiger partial charge in [0.1, 0.15) is 0 Å². The Kier molecular flexibility index (Phi) is 6.09. The number of rotatable bonds is 4. The lowest BCUT2D eigenvalue weighted by atomic mass is 10.1. The molecule has 7 nitrogen and oxygen atoms in total. The first-order valence-electron chi connectivity index (χ1n) is 6.43. The molecule has 1 saturated heterocycles. The van der Waals surface area contributed by atoms with Crippen molar-refractivity contribution < 1.29 is 14.3 Å². The van der Waals surface area contributed by atoms with E-state index in [4.69, 9.17) is 15.7 Å². The molecule has 2 amide bonds. The predicted molar refractivity (Wildman–Crippen MR) is 68.0 cm³/mol. The van der Waals surface area contributed by atoms with E-state index in [0.717, 1.165) is 0 Å². The summed E-state index contributed by atoms with van der Waals surface area (Å²) in [5.41, 5.74) is 5.73. The Morgan fingerprint density at radius 1 is 1.32 bits per heavy atom. The summed E-state index contributed by atoms with van der Waals surface area (Å²) < 4.78 is 4.90. The molecular formula is C12H20N4O3. The highest BCUT2D eigenvalue weighted by molar-refractivity contribution is 5.82. The van der Waals surface area contributed by atoms with Gasteiger partial charge in [-0.3, -0.25) is 4.79 Å². The number of piperazine rings is 1. The number of ether oxygens (including phenoxy) is 1. The van der Waals surface area contributed by atoms with E-state index in [0.29, 0.717) is 39.2 Å². The molecule has 0 spiro atoms. The molecule has 1 heterocycles. The fourth-order valence-corrected chi connectivity index (χ4v) is 1.90. The number of nitriles is 1. The maximum absolute atomic E-state index is 12.0. The normalized spacial score (nSPS) is 16.7. The Balaban J connectivity index is 2.39. The van der Waals surface area contributed by atoms with Gasteiger partial charge in [-0.05, 0) is 13.3 Å². The predicted octanol–water partition coefficient (Wildman–Crippen LogP) is -0.0818. The third kappa shape index (κ3) is 4.41. The SMILES string of the molecule is CCOC(=O)N1CCN(C(=O)C(N)CCC#N)CC1. The van der Waals surface area contributed by atoms with Crippen molar-refractivity contribution >= 4 is 12.0 Å². The van der Waals surface area contributed by atoms with Gasteiger partial charge in [-0.15, -0.1) is 0 Å². The van der Waals surface area contributed by atoms with Gasteiger partial charge >= 0.3 is 6.09 Å². The fraction of sp³-hybridized carbons (Fsp3) is 0.750. The number of nitrogens with two attached hydrogens (primary N) is 1. The average molecular weight is 268 g/mol. The molecule has 0 aliphatic carbocycles. The van der Waals surface area contributed by atoms with E-state index in [1.165, 1.54) is 0 Å². The van der Waals surface area contributed by atoms with Crippen LogP contribution >= 0.6 is 0 Å². The molecule has 0 radical (unpaired) electrons. The monoisotopic (exact) mass is 268 g/mol. The van der Waals surface area contributed by atoms with Crippen molar-refractivity contribution in [1.82, 2.24) is 9.80 Å². The molecule has 19 heavy (non-hydrogen) atoms. The first kappa shape index (κ1) is 15.2. The lowest BCUT2D eigenvalue weighted by molar-refractivity contribution is -0.134. The second-order valence-electron chi connectivity index (χ2n) is 4.31. The minimum Gasteiger partial charge on any atom is -0.450 e.